The maximum atomic E-state index is 14.9. The molecule has 1 aromatic heterocycles. The summed E-state index contributed by atoms with van der Waals surface area (Å²) in [4.78, 5) is 46.9. The summed E-state index contributed by atoms with van der Waals surface area (Å²) in [6.07, 6.45) is 2.39. The lowest BCUT2D eigenvalue weighted by Gasteiger charge is -2.34. The van der Waals surface area contributed by atoms with E-state index in [1.54, 1.807) is 12.1 Å². The summed E-state index contributed by atoms with van der Waals surface area (Å²) in [5, 5.41) is 3.18. The Balaban J connectivity index is 0.000000445. The Kier molecular flexibility index (Phi) is 7.51. The Hall–Kier alpha value is -4.38. The first-order chi connectivity index (χ1) is 18.8. The number of cyclic esters (lactones) is 1. The number of aromatic nitrogens is 2. The predicted octanol–water partition coefficient (Wildman–Crippen LogP) is 2.91. The first kappa shape index (κ1) is 26.2. The van der Waals surface area contributed by atoms with E-state index in [2.05, 4.69) is 39.6 Å². The Labute approximate surface area is 225 Å². The van der Waals surface area contributed by atoms with Gasteiger partial charge in [0, 0.05) is 49.6 Å². The van der Waals surface area contributed by atoms with E-state index in [4.69, 9.17) is 10.5 Å². The highest BCUT2D eigenvalue weighted by Crippen LogP contribution is 2.30. The van der Waals surface area contributed by atoms with E-state index in [0.717, 1.165) is 0 Å². The molecule has 2 unspecified atom stereocenters. The fourth-order valence-corrected chi connectivity index (χ4v) is 4.67. The van der Waals surface area contributed by atoms with Crippen molar-refractivity contribution in [3.63, 3.8) is 0 Å². The molecule has 2 aromatic rings. The number of amides is 2. The van der Waals surface area contributed by atoms with Crippen molar-refractivity contribution in [3.05, 3.63) is 60.7 Å². The second-order valence-corrected chi connectivity index (χ2v) is 9.66. The summed E-state index contributed by atoms with van der Waals surface area (Å²) in [6.45, 7) is 3.59. The van der Waals surface area contributed by atoms with Gasteiger partial charge in [-0.15, -0.1) is 0 Å². The number of hydrogen-bond donors (Lipinski definition) is 2. The standard InChI is InChI=1S/C22H25FN6O4.C6H4/c1-13(30)19-11-25-6-7-28(19)21-26-9-14(10-27-21)17-4-2-15(8-18(17)23)29-12-16(33-22(29)32)3-5-20(24)31;1-2-6-4-3-5(1)6/h2,4,8-10,16,19,25H,3,5-7,11-12H2,1H3,(H2,24,31);1-4H. The molecule has 0 radical (unpaired) electrons. The Morgan fingerprint density at radius 2 is 1.79 bits per heavy atom. The second-order valence-electron chi connectivity index (χ2n) is 9.66. The number of rotatable bonds is 7. The minimum atomic E-state index is -0.597. The number of carbonyl (C=O) groups is 3. The zero-order valence-corrected chi connectivity index (χ0v) is 21.5. The summed E-state index contributed by atoms with van der Waals surface area (Å²) in [5.41, 5.74) is 9.10. The maximum absolute atomic E-state index is 14.9. The van der Waals surface area contributed by atoms with Crippen molar-refractivity contribution in [2.75, 3.05) is 36.0 Å². The molecule has 1 aromatic carbocycles. The molecule has 3 heterocycles. The molecule has 2 amide bonds. The molecule has 3 N–H and O–H groups in total. The van der Waals surface area contributed by atoms with Crippen LogP contribution >= 0.6 is 0 Å². The molecule has 2 aliphatic heterocycles. The van der Waals surface area contributed by atoms with Crippen molar-refractivity contribution in [1.82, 2.24) is 15.3 Å². The van der Waals surface area contributed by atoms with Crippen LogP contribution in [0.25, 0.3) is 22.3 Å². The SMILES string of the molecule is CC(=O)C1CNCCN1c1ncc(-c2ccc(N3CC(CCC(N)=O)OC3=O)cc2F)cn1.c1cc2ccc1-2. The van der Waals surface area contributed by atoms with E-state index in [1.165, 1.54) is 41.4 Å². The first-order valence-corrected chi connectivity index (χ1v) is 12.8. The van der Waals surface area contributed by atoms with Gasteiger partial charge in [0.1, 0.15) is 18.0 Å². The molecule has 10 nitrogen and oxygen atoms in total. The minimum Gasteiger partial charge on any atom is -0.444 e. The van der Waals surface area contributed by atoms with Gasteiger partial charge < -0.3 is 20.7 Å². The molecule has 0 spiro atoms. The minimum absolute atomic E-state index is 0.0221. The molecular formula is C28H29FN6O4. The van der Waals surface area contributed by atoms with Gasteiger partial charge in [-0.25, -0.2) is 19.2 Å². The number of halogens is 1. The van der Waals surface area contributed by atoms with E-state index < -0.39 is 23.9 Å². The van der Waals surface area contributed by atoms with Crippen LogP contribution in [0.3, 0.4) is 0 Å². The highest BCUT2D eigenvalue weighted by molar-refractivity contribution is 5.90. The second kappa shape index (κ2) is 11.2. The molecule has 11 heteroatoms. The van der Waals surface area contributed by atoms with Gasteiger partial charge in [0.05, 0.1) is 12.2 Å². The van der Waals surface area contributed by atoms with E-state index in [0.29, 0.717) is 43.3 Å². The highest BCUT2D eigenvalue weighted by Gasteiger charge is 2.33. The molecule has 2 aliphatic carbocycles. The van der Waals surface area contributed by atoms with Crippen molar-refractivity contribution < 1.29 is 23.5 Å². The topological polar surface area (TPSA) is 131 Å². The van der Waals surface area contributed by atoms with Gasteiger partial charge in [0.2, 0.25) is 11.9 Å². The molecule has 202 valence electrons. The van der Waals surface area contributed by atoms with E-state index in [1.807, 2.05) is 4.90 Å². The molecule has 0 saturated carbocycles. The predicted molar refractivity (Wildman–Crippen MR) is 144 cm³/mol. The summed E-state index contributed by atoms with van der Waals surface area (Å²) in [6, 6.07) is 12.6. The lowest BCUT2D eigenvalue weighted by atomic mass is 9.95. The van der Waals surface area contributed by atoms with Gasteiger partial charge in [-0.2, -0.15) is 0 Å². The number of piperazine rings is 1. The zero-order chi connectivity index (χ0) is 27.5. The molecular weight excluding hydrogens is 503 g/mol. The average Bonchev–Trinajstić information content (AvgIpc) is 3.30. The summed E-state index contributed by atoms with van der Waals surface area (Å²) >= 11 is 0. The highest BCUT2D eigenvalue weighted by atomic mass is 19.1. The van der Waals surface area contributed by atoms with E-state index in [-0.39, 0.29) is 30.4 Å². The number of carbonyl (C=O) groups excluding carboxylic acids is 3. The number of nitrogens with zero attached hydrogens (tertiary/aromatic N) is 4. The van der Waals surface area contributed by atoms with Gasteiger partial charge in [0.15, 0.2) is 5.78 Å². The molecule has 0 bridgehead atoms. The van der Waals surface area contributed by atoms with Crippen molar-refractivity contribution in [1.29, 1.82) is 0 Å². The number of Topliss-reactive ketones (excluding diaryl/α,β-unsaturated/α-hetero) is 1. The van der Waals surface area contributed by atoms with Crippen LogP contribution in [0, 0.1) is 5.82 Å². The largest absolute Gasteiger partial charge is 0.444 e. The Bertz CT molecular complexity index is 1360. The number of benzene rings is 2. The number of ether oxygens (including phenoxy) is 1. The van der Waals surface area contributed by atoms with Gasteiger partial charge in [-0.3, -0.25) is 14.5 Å². The van der Waals surface area contributed by atoms with Crippen molar-refractivity contribution in [2.45, 2.75) is 31.9 Å². The van der Waals surface area contributed by atoms with Crippen LogP contribution in [0.2, 0.25) is 0 Å². The number of ketones is 1. The third kappa shape index (κ3) is 5.73. The van der Waals surface area contributed by atoms with Crippen molar-refractivity contribution in [2.24, 2.45) is 5.73 Å². The number of nitrogens with two attached hydrogens (primary N) is 1. The van der Waals surface area contributed by atoms with E-state index >= 15 is 0 Å². The third-order valence-corrected chi connectivity index (χ3v) is 6.99. The van der Waals surface area contributed by atoms with Crippen LogP contribution in [0.15, 0.2) is 54.9 Å². The lowest BCUT2D eigenvalue weighted by Crippen LogP contribution is -2.55. The van der Waals surface area contributed by atoms with Crippen LogP contribution in [-0.4, -0.2) is 66.1 Å². The van der Waals surface area contributed by atoms with E-state index in [9.17, 15) is 18.8 Å². The van der Waals surface area contributed by atoms with Crippen LogP contribution in [0.1, 0.15) is 19.8 Å². The Morgan fingerprint density at radius 1 is 1.10 bits per heavy atom. The molecule has 2 atom stereocenters. The monoisotopic (exact) mass is 532 g/mol. The van der Waals surface area contributed by atoms with Crippen LogP contribution < -0.4 is 20.9 Å². The molecule has 4 aliphatic rings. The molecule has 6 rings (SSSR count). The summed E-state index contributed by atoms with van der Waals surface area (Å²) in [7, 11) is 0. The Morgan fingerprint density at radius 3 is 2.36 bits per heavy atom. The molecule has 2 fully saturated rings. The van der Waals surface area contributed by atoms with Gasteiger partial charge in [-0.1, -0.05) is 24.3 Å². The van der Waals surface area contributed by atoms with Crippen molar-refractivity contribution >= 4 is 29.4 Å². The van der Waals surface area contributed by atoms with Gasteiger partial charge in [0.25, 0.3) is 0 Å². The number of hydrogen-bond acceptors (Lipinski definition) is 8. The average molecular weight is 533 g/mol. The number of primary amides is 1. The smallest absolute Gasteiger partial charge is 0.414 e. The van der Waals surface area contributed by atoms with Crippen LogP contribution in [-0.2, 0) is 14.3 Å². The number of nitrogens with one attached hydrogen (secondary N) is 1. The van der Waals surface area contributed by atoms with Crippen LogP contribution in [0.5, 0.6) is 0 Å². The quantitative estimate of drug-likeness (QED) is 0.372. The maximum Gasteiger partial charge on any atom is 0.414 e. The molecule has 39 heavy (non-hydrogen) atoms. The normalized spacial score (nSPS) is 19.2. The first-order valence-electron chi connectivity index (χ1n) is 12.8. The van der Waals surface area contributed by atoms with Gasteiger partial charge in [-0.05, 0) is 42.7 Å². The number of anilines is 2. The third-order valence-electron chi connectivity index (χ3n) is 6.99. The lowest BCUT2D eigenvalue weighted by molar-refractivity contribution is -0.119. The van der Waals surface area contributed by atoms with Crippen molar-refractivity contribution in [3.8, 4) is 22.3 Å². The molecule has 2 saturated heterocycles. The number of fused-ring (bicyclic) bond motifs is 1. The fraction of sp³-hybridized carbons (Fsp3) is 0.321. The van der Waals surface area contributed by atoms with Gasteiger partial charge >= 0.3 is 6.09 Å². The summed E-state index contributed by atoms with van der Waals surface area (Å²) < 4.78 is 20.2. The zero-order valence-electron chi connectivity index (χ0n) is 21.5. The summed E-state index contributed by atoms with van der Waals surface area (Å²) in [5.74, 6) is -0.573. The fourth-order valence-electron chi connectivity index (χ4n) is 4.67. The van der Waals surface area contributed by atoms with Crippen LogP contribution in [0.4, 0.5) is 20.8 Å².